The van der Waals surface area contributed by atoms with Gasteiger partial charge in [-0.3, -0.25) is 9.89 Å². The Kier molecular flexibility index (Phi) is 5.66. The van der Waals surface area contributed by atoms with Crippen LogP contribution in [-0.4, -0.2) is 62.5 Å². The molecule has 2 aliphatic heterocycles. The first-order valence-corrected chi connectivity index (χ1v) is 12.2. The van der Waals surface area contributed by atoms with Crippen LogP contribution in [0.4, 0.5) is 5.82 Å². The molecule has 0 bridgehead atoms. The third-order valence-corrected chi connectivity index (χ3v) is 6.60. The van der Waals surface area contributed by atoms with Gasteiger partial charge in [-0.1, -0.05) is 6.07 Å². The lowest BCUT2D eigenvalue weighted by Crippen LogP contribution is -2.46. The predicted octanol–water partition coefficient (Wildman–Crippen LogP) is 3.58. The minimum atomic E-state index is 0.0846. The van der Waals surface area contributed by atoms with E-state index in [4.69, 9.17) is 14.7 Å². The molecule has 4 aromatic heterocycles. The number of aromatic nitrogens is 4. The van der Waals surface area contributed by atoms with Crippen LogP contribution in [0.1, 0.15) is 36.1 Å². The summed E-state index contributed by atoms with van der Waals surface area (Å²) in [5.74, 6) is 1.65. The number of aliphatic imine (C=N–C) groups is 1. The fraction of sp³-hybridized carbons (Fsp3) is 0.333. The second-order valence-electron chi connectivity index (χ2n) is 9.38. The third-order valence-electron chi connectivity index (χ3n) is 6.60. The number of anilines is 1. The molecule has 178 valence electrons. The van der Waals surface area contributed by atoms with Gasteiger partial charge in [0.2, 0.25) is 5.88 Å². The molecular weight excluding hydrogens is 438 g/mol. The quantitative estimate of drug-likeness (QED) is 0.432. The first kappa shape index (κ1) is 21.7. The molecule has 6 rings (SSSR count). The van der Waals surface area contributed by atoms with E-state index in [1.165, 1.54) is 11.1 Å². The highest BCUT2D eigenvalue weighted by molar-refractivity contribution is 6.15. The molecule has 2 aliphatic rings. The second kappa shape index (κ2) is 9.11. The standard InChI is InChI=1S/C27H29N7O/c1-19(2)35-26-14-23-21(15-29-26)16-30-27(23)20-6-7-28-25(13-20)33-11-9-32(10-12-33)18-22-17-31-34-8-4-3-5-24(22)34/h3-8,13-15,17,19H,9-12,16,18H2,1-2H3. The number of nitrogens with zero attached hydrogens (tertiary/aromatic N) is 7. The van der Waals surface area contributed by atoms with Crippen LogP contribution in [0.3, 0.4) is 0 Å². The zero-order valence-electron chi connectivity index (χ0n) is 20.1. The number of rotatable bonds is 6. The van der Waals surface area contributed by atoms with Crippen molar-refractivity contribution in [3.05, 3.63) is 83.4 Å². The van der Waals surface area contributed by atoms with E-state index < -0.39 is 0 Å². The van der Waals surface area contributed by atoms with Gasteiger partial charge in [-0.05, 0) is 38.1 Å². The van der Waals surface area contributed by atoms with Gasteiger partial charge in [-0.2, -0.15) is 5.10 Å². The largest absolute Gasteiger partial charge is 0.475 e. The van der Waals surface area contributed by atoms with Gasteiger partial charge in [0, 0.05) is 79.6 Å². The van der Waals surface area contributed by atoms with Crippen molar-refractivity contribution in [2.45, 2.75) is 33.0 Å². The maximum Gasteiger partial charge on any atom is 0.214 e. The van der Waals surface area contributed by atoms with Gasteiger partial charge in [-0.25, -0.2) is 14.5 Å². The summed E-state index contributed by atoms with van der Waals surface area (Å²) < 4.78 is 7.76. The zero-order chi connectivity index (χ0) is 23.8. The molecule has 1 fully saturated rings. The maximum absolute atomic E-state index is 5.82. The van der Waals surface area contributed by atoms with E-state index in [-0.39, 0.29) is 6.10 Å². The average Bonchev–Trinajstić information content (AvgIpc) is 3.48. The number of piperazine rings is 1. The van der Waals surface area contributed by atoms with Gasteiger partial charge in [0.1, 0.15) is 5.82 Å². The molecule has 0 aliphatic carbocycles. The monoisotopic (exact) mass is 467 g/mol. The molecule has 6 heterocycles. The highest BCUT2D eigenvalue weighted by Gasteiger charge is 2.23. The summed E-state index contributed by atoms with van der Waals surface area (Å²) in [5.41, 5.74) is 6.77. The molecular formula is C27H29N7O. The van der Waals surface area contributed by atoms with Gasteiger partial charge in [0.05, 0.1) is 30.1 Å². The maximum atomic E-state index is 5.82. The Morgan fingerprint density at radius 3 is 2.74 bits per heavy atom. The van der Waals surface area contributed by atoms with Crippen LogP contribution in [-0.2, 0) is 13.1 Å². The van der Waals surface area contributed by atoms with Crippen LogP contribution in [0.25, 0.3) is 5.52 Å². The van der Waals surface area contributed by atoms with Gasteiger partial charge in [-0.15, -0.1) is 0 Å². The summed E-state index contributed by atoms with van der Waals surface area (Å²) in [6.07, 6.45) is 7.84. The van der Waals surface area contributed by atoms with E-state index in [1.807, 2.05) is 61.3 Å². The van der Waals surface area contributed by atoms with Crippen molar-refractivity contribution in [3.63, 3.8) is 0 Å². The molecule has 0 N–H and O–H groups in total. The van der Waals surface area contributed by atoms with Crippen molar-refractivity contribution in [2.24, 2.45) is 4.99 Å². The van der Waals surface area contributed by atoms with Crippen LogP contribution in [0.15, 0.2) is 66.2 Å². The lowest BCUT2D eigenvalue weighted by molar-refractivity contribution is 0.232. The predicted molar refractivity (Wildman–Crippen MR) is 136 cm³/mol. The molecule has 1 saturated heterocycles. The van der Waals surface area contributed by atoms with Crippen LogP contribution in [0.5, 0.6) is 5.88 Å². The Labute approximate surface area is 204 Å². The first-order chi connectivity index (χ1) is 17.1. The van der Waals surface area contributed by atoms with E-state index in [9.17, 15) is 0 Å². The summed E-state index contributed by atoms with van der Waals surface area (Å²) in [6, 6.07) is 12.4. The topological polar surface area (TPSA) is 71.2 Å². The number of pyridine rings is 3. The first-order valence-electron chi connectivity index (χ1n) is 12.2. The van der Waals surface area contributed by atoms with E-state index >= 15 is 0 Å². The molecule has 0 unspecified atom stereocenters. The van der Waals surface area contributed by atoms with Crippen LogP contribution >= 0.6 is 0 Å². The third kappa shape index (κ3) is 4.37. The summed E-state index contributed by atoms with van der Waals surface area (Å²) in [5, 5.41) is 4.48. The summed E-state index contributed by atoms with van der Waals surface area (Å²) in [4.78, 5) is 18.8. The highest BCUT2D eigenvalue weighted by atomic mass is 16.5. The molecule has 8 heteroatoms. The number of hydrogen-bond donors (Lipinski definition) is 0. The fourth-order valence-electron chi connectivity index (χ4n) is 4.84. The van der Waals surface area contributed by atoms with Gasteiger partial charge in [0.15, 0.2) is 0 Å². The molecule has 8 nitrogen and oxygen atoms in total. The Hall–Kier alpha value is -3.78. The van der Waals surface area contributed by atoms with Crippen LogP contribution < -0.4 is 9.64 Å². The number of hydrogen-bond acceptors (Lipinski definition) is 7. The summed E-state index contributed by atoms with van der Waals surface area (Å²) >= 11 is 0. The van der Waals surface area contributed by atoms with Gasteiger partial charge in [0.25, 0.3) is 0 Å². The van der Waals surface area contributed by atoms with Crippen molar-refractivity contribution < 1.29 is 4.74 Å². The van der Waals surface area contributed by atoms with E-state index in [0.29, 0.717) is 12.4 Å². The van der Waals surface area contributed by atoms with Crippen molar-refractivity contribution in [1.82, 2.24) is 24.5 Å². The minimum Gasteiger partial charge on any atom is -0.475 e. The fourth-order valence-corrected chi connectivity index (χ4v) is 4.84. The van der Waals surface area contributed by atoms with Crippen LogP contribution in [0.2, 0.25) is 0 Å². The van der Waals surface area contributed by atoms with Crippen molar-refractivity contribution in [2.75, 3.05) is 31.1 Å². The van der Waals surface area contributed by atoms with E-state index in [2.05, 4.69) is 38.1 Å². The Morgan fingerprint density at radius 1 is 1.00 bits per heavy atom. The molecule has 4 aromatic rings. The SMILES string of the molecule is CC(C)Oc1cc2c(cn1)CN=C2c1ccnc(N2CCN(Cc3cnn4ccccc34)CC2)c1. The normalized spacial score (nSPS) is 16.1. The summed E-state index contributed by atoms with van der Waals surface area (Å²) in [7, 11) is 0. The van der Waals surface area contributed by atoms with Crippen LogP contribution in [0, 0.1) is 0 Å². The Morgan fingerprint density at radius 2 is 1.89 bits per heavy atom. The molecule has 0 aromatic carbocycles. The lowest BCUT2D eigenvalue weighted by Gasteiger charge is -2.35. The van der Waals surface area contributed by atoms with E-state index in [1.54, 1.807) is 0 Å². The molecule has 0 spiro atoms. The van der Waals surface area contributed by atoms with Crippen molar-refractivity contribution in [3.8, 4) is 5.88 Å². The zero-order valence-corrected chi connectivity index (χ0v) is 20.1. The van der Waals surface area contributed by atoms with Gasteiger partial charge < -0.3 is 9.64 Å². The summed E-state index contributed by atoms with van der Waals surface area (Å²) in [6.45, 7) is 9.44. The molecule has 35 heavy (non-hydrogen) atoms. The molecule has 0 radical (unpaired) electrons. The Balaban J connectivity index is 1.15. The lowest BCUT2D eigenvalue weighted by atomic mass is 10.0. The highest BCUT2D eigenvalue weighted by Crippen LogP contribution is 2.27. The number of fused-ring (bicyclic) bond motifs is 2. The minimum absolute atomic E-state index is 0.0846. The Bertz CT molecular complexity index is 1390. The van der Waals surface area contributed by atoms with E-state index in [0.717, 1.165) is 60.9 Å². The molecule has 0 amide bonds. The van der Waals surface area contributed by atoms with Crippen molar-refractivity contribution >= 4 is 17.0 Å². The second-order valence-corrected chi connectivity index (χ2v) is 9.38. The smallest absolute Gasteiger partial charge is 0.214 e. The van der Waals surface area contributed by atoms with Gasteiger partial charge >= 0.3 is 0 Å². The van der Waals surface area contributed by atoms with Crippen molar-refractivity contribution in [1.29, 1.82) is 0 Å². The number of ether oxygens (including phenoxy) is 1. The molecule has 0 saturated carbocycles. The average molecular weight is 468 g/mol. The molecule has 0 atom stereocenters.